The van der Waals surface area contributed by atoms with Crippen molar-refractivity contribution in [1.82, 2.24) is 4.98 Å². The van der Waals surface area contributed by atoms with Crippen LogP contribution in [0.2, 0.25) is 0 Å². The summed E-state index contributed by atoms with van der Waals surface area (Å²) in [4.78, 5) is 19.7. The molecule has 112 valence electrons. The molecule has 0 aromatic carbocycles. The number of nitrogen functional groups attached to an aromatic ring is 1. The molecule has 3 aromatic rings. The zero-order chi connectivity index (χ0) is 15.1. The van der Waals surface area contributed by atoms with E-state index >= 15 is 0 Å². The summed E-state index contributed by atoms with van der Waals surface area (Å²) in [5.74, 6) is 0.0192. The molecule has 0 aliphatic heterocycles. The highest BCUT2D eigenvalue weighted by Gasteiger charge is 2.21. The van der Waals surface area contributed by atoms with Gasteiger partial charge in [-0.1, -0.05) is 12.5 Å². The number of nitrogens with two attached hydrogens (primary N) is 1. The third-order valence-electron chi connectivity index (χ3n) is 4.20. The predicted molar refractivity (Wildman–Crippen MR) is 93.0 cm³/mol. The molecule has 0 saturated carbocycles. The number of thiophene rings is 2. The van der Waals surface area contributed by atoms with Crippen molar-refractivity contribution < 1.29 is 4.79 Å². The molecule has 0 spiro atoms. The molecular weight excluding hydrogens is 312 g/mol. The number of nitrogens with zero attached hydrogens (tertiary/aromatic N) is 1. The summed E-state index contributed by atoms with van der Waals surface area (Å²) in [6, 6.07) is 5.90. The van der Waals surface area contributed by atoms with Gasteiger partial charge in [-0.15, -0.1) is 22.7 Å². The van der Waals surface area contributed by atoms with Crippen LogP contribution in [-0.4, -0.2) is 10.8 Å². The first-order valence-electron chi connectivity index (χ1n) is 7.53. The fourth-order valence-corrected chi connectivity index (χ4v) is 4.81. The fraction of sp³-hybridized carbons (Fsp3) is 0.294. The monoisotopic (exact) mass is 328 g/mol. The van der Waals surface area contributed by atoms with E-state index in [1.807, 2.05) is 17.5 Å². The van der Waals surface area contributed by atoms with Crippen molar-refractivity contribution in [3.8, 4) is 0 Å². The summed E-state index contributed by atoms with van der Waals surface area (Å²) < 4.78 is 0. The SMILES string of the molecule is Nc1c(C(=O)c2cccs2)sc2nc3c(cc12)CCCCC3. The Morgan fingerprint density at radius 3 is 2.91 bits per heavy atom. The number of carbonyl (C=O) groups excluding carboxylic acids is 1. The van der Waals surface area contributed by atoms with Crippen LogP contribution in [0.5, 0.6) is 0 Å². The molecule has 1 aliphatic carbocycles. The first-order chi connectivity index (χ1) is 10.7. The van der Waals surface area contributed by atoms with Crippen LogP contribution in [0.25, 0.3) is 10.2 Å². The van der Waals surface area contributed by atoms with Gasteiger partial charge < -0.3 is 5.73 Å². The van der Waals surface area contributed by atoms with Crippen molar-refractivity contribution >= 4 is 44.4 Å². The molecule has 0 saturated heterocycles. The number of pyridine rings is 1. The van der Waals surface area contributed by atoms with E-state index in [-0.39, 0.29) is 5.78 Å². The highest BCUT2D eigenvalue weighted by atomic mass is 32.1. The normalized spacial score (nSPS) is 14.7. The Morgan fingerprint density at radius 1 is 1.23 bits per heavy atom. The molecule has 2 N–H and O–H groups in total. The number of ketones is 1. The minimum Gasteiger partial charge on any atom is -0.397 e. The van der Waals surface area contributed by atoms with E-state index in [9.17, 15) is 4.79 Å². The summed E-state index contributed by atoms with van der Waals surface area (Å²) in [5.41, 5.74) is 9.37. The number of fused-ring (bicyclic) bond motifs is 2. The van der Waals surface area contributed by atoms with Crippen molar-refractivity contribution in [2.45, 2.75) is 32.1 Å². The first-order valence-corrected chi connectivity index (χ1v) is 9.22. The summed E-state index contributed by atoms with van der Waals surface area (Å²) in [6.07, 6.45) is 5.79. The molecule has 0 amide bonds. The molecule has 1 aliphatic rings. The third kappa shape index (κ3) is 2.25. The van der Waals surface area contributed by atoms with E-state index in [4.69, 9.17) is 10.7 Å². The van der Waals surface area contributed by atoms with Crippen LogP contribution in [0.4, 0.5) is 5.69 Å². The van der Waals surface area contributed by atoms with Crippen LogP contribution in [-0.2, 0) is 12.8 Å². The molecule has 0 unspecified atom stereocenters. The van der Waals surface area contributed by atoms with Crippen molar-refractivity contribution in [2.24, 2.45) is 0 Å². The highest BCUT2D eigenvalue weighted by Crippen LogP contribution is 2.36. The quantitative estimate of drug-likeness (QED) is 0.559. The van der Waals surface area contributed by atoms with Gasteiger partial charge >= 0.3 is 0 Å². The Bertz CT molecular complexity index is 849. The first kappa shape index (κ1) is 13.9. The van der Waals surface area contributed by atoms with Crippen LogP contribution in [0.15, 0.2) is 23.6 Å². The van der Waals surface area contributed by atoms with Crippen molar-refractivity contribution in [3.63, 3.8) is 0 Å². The van der Waals surface area contributed by atoms with Gasteiger partial charge in [0.1, 0.15) is 9.71 Å². The lowest BCUT2D eigenvalue weighted by molar-refractivity contribution is 0.104. The maximum atomic E-state index is 12.6. The van der Waals surface area contributed by atoms with E-state index in [0.29, 0.717) is 10.6 Å². The largest absolute Gasteiger partial charge is 0.397 e. The average Bonchev–Trinajstić information content (AvgIpc) is 3.09. The number of hydrogen-bond acceptors (Lipinski definition) is 5. The van der Waals surface area contributed by atoms with Gasteiger partial charge in [0.25, 0.3) is 0 Å². The van der Waals surface area contributed by atoms with Gasteiger partial charge in [-0.2, -0.15) is 0 Å². The van der Waals surface area contributed by atoms with E-state index in [1.165, 1.54) is 53.2 Å². The lowest BCUT2D eigenvalue weighted by Crippen LogP contribution is -1.99. The van der Waals surface area contributed by atoms with Gasteiger partial charge in [0.15, 0.2) is 0 Å². The maximum Gasteiger partial charge on any atom is 0.215 e. The molecule has 0 radical (unpaired) electrons. The van der Waals surface area contributed by atoms with Gasteiger partial charge in [0.05, 0.1) is 10.6 Å². The molecule has 3 aromatic heterocycles. The molecule has 0 atom stereocenters. The zero-order valence-electron chi connectivity index (χ0n) is 12.1. The molecule has 4 rings (SSSR count). The minimum atomic E-state index is 0.0192. The van der Waals surface area contributed by atoms with Gasteiger partial charge in [-0.05, 0) is 48.8 Å². The third-order valence-corrected chi connectivity index (χ3v) is 6.18. The van der Waals surface area contributed by atoms with Crippen LogP contribution >= 0.6 is 22.7 Å². The Balaban J connectivity index is 1.85. The molecule has 3 heterocycles. The Hall–Kier alpha value is -1.72. The number of rotatable bonds is 2. The number of anilines is 1. The number of aromatic nitrogens is 1. The van der Waals surface area contributed by atoms with Gasteiger partial charge in [-0.25, -0.2) is 4.98 Å². The second kappa shape index (κ2) is 5.48. The lowest BCUT2D eigenvalue weighted by Gasteiger charge is -2.04. The lowest BCUT2D eigenvalue weighted by atomic mass is 10.1. The summed E-state index contributed by atoms with van der Waals surface area (Å²) >= 11 is 2.88. The van der Waals surface area contributed by atoms with Gasteiger partial charge in [-0.3, -0.25) is 4.79 Å². The Morgan fingerprint density at radius 2 is 2.09 bits per heavy atom. The Kier molecular flexibility index (Phi) is 3.47. The van der Waals surface area contributed by atoms with Crippen LogP contribution < -0.4 is 5.73 Å². The van der Waals surface area contributed by atoms with E-state index in [0.717, 1.165) is 27.9 Å². The second-order valence-electron chi connectivity index (χ2n) is 5.66. The number of aryl methyl sites for hydroxylation is 2. The smallest absolute Gasteiger partial charge is 0.215 e. The summed E-state index contributed by atoms with van der Waals surface area (Å²) in [6.45, 7) is 0. The molecule has 5 heteroatoms. The zero-order valence-corrected chi connectivity index (χ0v) is 13.7. The second-order valence-corrected chi connectivity index (χ2v) is 7.61. The van der Waals surface area contributed by atoms with Gasteiger partial charge in [0.2, 0.25) is 5.78 Å². The minimum absolute atomic E-state index is 0.0192. The predicted octanol–water partition coefficient (Wildman–Crippen LogP) is 4.44. The molecule has 3 nitrogen and oxygen atoms in total. The molecule has 0 bridgehead atoms. The van der Waals surface area contributed by atoms with Gasteiger partial charge in [0, 0.05) is 11.1 Å². The number of hydrogen-bond donors (Lipinski definition) is 1. The van der Waals surface area contributed by atoms with Crippen molar-refractivity contribution in [2.75, 3.05) is 5.73 Å². The van der Waals surface area contributed by atoms with Crippen molar-refractivity contribution in [3.05, 3.63) is 44.6 Å². The number of carbonyl (C=O) groups is 1. The maximum absolute atomic E-state index is 12.6. The highest BCUT2D eigenvalue weighted by molar-refractivity contribution is 7.22. The standard InChI is InChI=1S/C17H16N2OS2/c18-14-11-9-10-5-2-1-3-6-12(10)19-17(11)22-16(14)15(20)13-7-4-8-21-13/h4,7-9H,1-3,5-6,18H2. The molecule has 0 fully saturated rings. The van der Waals surface area contributed by atoms with E-state index < -0.39 is 0 Å². The van der Waals surface area contributed by atoms with E-state index in [1.54, 1.807) is 0 Å². The van der Waals surface area contributed by atoms with Crippen molar-refractivity contribution in [1.29, 1.82) is 0 Å². The van der Waals surface area contributed by atoms with E-state index in [2.05, 4.69) is 6.07 Å². The van der Waals surface area contributed by atoms with Crippen LogP contribution in [0.1, 0.15) is 45.1 Å². The average molecular weight is 328 g/mol. The Labute approximate surface area is 136 Å². The summed E-state index contributed by atoms with van der Waals surface area (Å²) in [7, 11) is 0. The molecule has 22 heavy (non-hydrogen) atoms. The van der Waals surface area contributed by atoms with Crippen LogP contribution in [0, 0.1) is 0 Å². The topological polar surface area (TPSA) is 56.0 Å². The summed E-state index contributed by atoms with van der Waals surface area (Å²) in [5, 5.41) is 2.86. The fourth-order valence-electron chi connectivity index (χ4n) is 3.02. The molecular formula is C17H16N2OS2. The van der Waals surface area contributed by atoms with Crippen LogP contribution in [0.3, 0.4) is 0 Å².